The maximum absolute atomic E-state index is 5.64. The first-order valence-corrected chi connectivity index (χ1v) is 5.40. The summed E-state index contributed by atoms with van der Waals surface area (Å²) in [6.45, 7) is 0.370. The average molecular weight is 289 g/mol. The van der Waals surface area contributed by atoms with E-state index in [2.05, 4.69) is 20.9 Å². The molecule has 78 valence electrons. The lowest BCUT2D eigenvalue weighted by atomic mass is 10.4. The third-order valence-corrected chi connectivity index (χ3v) is 2.36. The Morgan fingerprint density at radius 3 is 2.80 bits per heavy atom. The van der Waals surface area contributed by atoms with Gasteiger partial charge in [-0.15, -0.1) is 0 Å². The van der Waals surface area contributed by atoms with Gasteiger partial charge in [0.25, 0.3) is 0 Å². The Morgan fingerprint density at radius 1 is 1.33 bits per heavy atom. The molecule has 0 aromatic carbocycles. The van der Waals surface area contributed by atoms with Gasteiger partial charge in [0.1, 0.15) is 23.3 Å². The monoisotopic (exact) mass is 287 g/mol. The van der Waals surface area contributed by atoms with Crippen LogP contribution in [0, 0.1) is 0 Å². The molecule has 5 heteroatoms. The zero-order chi connectivity index (χ0) is 10.7. The molecule has 0 fully saturated rings. The van der Waals surface area contributed by atoms with E-state index in [9.17, 15) is 0 Å². The Hall–Kier alpha value is -1.00. The van der Waals surface area contributed by atoms with Crippen LogP contribution in [-0.4, -0.2) is 4.98 Å². The van der Waals surface area contributed by atoms with Gasteiger partial charge in [-0.1, -0.05) is 11.6 Å². The van der Waals surface area contributed by atoms with E-state index in [0.29, 0.717) is 22.2 Å². The molecule has 0 bridgehead atoms. The highest BCUT2D eigenvalue weighted by atomic mass is 79.9. The van der Waals surface area contributed by atoms with Crippen molar-refractivity contribution >= 4 is 27.5 Å². The van der Waals surface area contributed by atoms with E-state index in [1.807, 2.05) is 12.1 Å². The molecular formula is C10H7BrClNO2. The van der Waals surface area contributed by atoms with Crippen LogP contribution in [0.2, 0.25) is 5.15 Å². The summed E-state index contributed by atoms with van der Waals surface area (Å²) in [6.07, 6.45) is 1.57. The first-order chi connectivity index (χ1) is 7.24. The first kappa shape index (κ1) is 10.5. The van der Waals surface area contributed by atoms with Gasteiger partial charge in [0, 0.05) is 0 Å². The van der Waals surface area contributed by atoms with Crippen LogP contribution in [0.25, 0.3) is 0 Å². The Bertz CT molecular complexity index is 441. The number of nitrogens with zero attached hydrogens (tertiary/aromatic N) is 1. The molecular weight excluding hydrogens is 281 g/mol. The van der Waals surface area contributed by atoms with Crippen molar-refractivity contribution in [3.05, 3.63) is 46.0 Å². The van der Waals surface area contributed by atoms with Gasteiger partial charge in [-0.3, -0.25) is 0 Å². The second-order valence-corrected chi connectivity index (χ2v) is 3.98. The summed E-state index contributed by atoms with van der Waals surface area (Å²) in [5.74, 6) is 1.41. The third kappa shape index (κ3) is 2.97. The van der Waals surface area contributed by atoms with Crippen molar-refractivity contribution in [2.24, 2.45) is 0 Å². The van der Waals surface area contributed by atoms with E-state index in [-0.39, 0.29) is 0 Å². The lowest BCUT2D eigenvalue weighted by Crippen LogP contribution is -1.93. The molecule has 2 aromatic rings. The summed E-state index contributed by atoms with van der Waals surface area (Å²) in [5.41, 5.74) is 0. The molecule has 0 N–H and O–H groups in total. The largest absolute Gasteiger partial charge is 0.484 e. The quantitative estimate of drug-likeness (QED) is 0.808. The predicted octanol–water partition coefficient (Wildman–Crippen LogP) is 3.67. The minimum atomic E-state index is 0.370. The van der Waals surface area contributed by atoms with Crippen molar-refractivity contribution in [1.82, 2.24) is 4.98 Å². The van der Waals surface area contributed by atoms with Crippen LogP contribution < -0.4 is 4.74 Å². The van der Waals surface area contributed by atoms with Crippen molar-refractivity contribution in [3.8, 4) is 5.75 Å². The van der Waals surface area contributed by atoms with Crippen molar-refractivity contribution in [2.75, 3.05) is 0 Å². The Balaban J connectivity index is 1.96. The number of hydrogen-bond acceptors (Lipinski definition) is 3. The molecule has 0 atom stereocenters. The standard InChI is InChI=1S/C10H7BrClNO2/c11-9-3-1-8(15-9)6-14-7-2-4-10(12)13-5-7/h1-5H,6H2. The molecule has 0 saturated carbocycles. The van der Waals surface area contributed by atoms with Gasteiger partial charge in [0.2, 0.25) is 0 Å². The second kappa shape index (κ2) is 4.68. The topological polar surface area (TPSA) is 35.3 Å². The van der Waals surface area contributed by atoms with Crippen LogP contribution in [0.15, 0.2) is 39.5 Å². The maximum atomic E-state index is 5.64. The number of pyridine rings is 1. The molecule has 0 saturated heterocycles. The summed E-state index contributed by atoms with van der Waals surface area (Å²) < 4.78 is 11.4. The lowest BCUT2D eigenvalue weighted by Gasteiger charge is -2.02. The molecule has 0 aliphatic carbocycles. The van der Waals surface area contributed by atoms with Crippen LogP contribution in [0.1, 0.15) is 5.76 Å². The Morgan fingerprint density at radius 2 is 2.20 bits per heavy atom. The lowest BCUT2D eigenvalue weighted by molar-refractivity contribution is 0.267. The van der Waals surface area contributed by atoms with Crippen LogP contribution >= 0.6 is 27.5 Å². The van der Waals surface area contributed by atoms with Crippen LogP contribution in [0.5, 0.6) is 5.75 Å². The van der Waals surface area contributed by atoms with Crippen LogP contribution in [-0.2, 0) is 6.61 Å². The van der Waals surface area contributed by atoms with Gasteiger partial charge < -0.3 is 9.15 Å². The number of aromatic nitrogens is 1. The fourth-order valence-corrected chi connectivity index (χ4v) is 1.48. The molecule has 2 heterocycles. The average Bonchev–Trinajstić information content (AvgIpc) is 2.64. The first-order valence-electron chi connectivity index (χ1n) is 4.22. The Kier molecular flexibility index (Phi) is 3.28. The molecule has 0 amide bonds. The minimum absolute atomic E-state index is 0.370. The highest BCUT2D eigenvalue weighted by molar-refractivity contribution is 9.10. The summed E-state index contributed by atoms with van der Waals surface area (Å²) in [7, 11) is 0. The molecule has 0 aliphatic heterocycles. The van der Waals surface area contributed by atoms with Crippen molar-refractivity contribution in [1.29, 1.82) is 0 Å². The van der Waals surface area contributed by atoms with E-state index in [1.165, 1.54) is 0 Å². The van der Waals surface area contributed by atoms with E-state index in [4.69, 9.17) is 20.8 Å². The summed E-state index contributed by atoms with van der Waals surface area (Å²) in [5, 5.41) is 0.447. The van der Waals surface area contributed by atoms with Gasteiger partial charge in [-0.2, -0.15) is 0 Å². The molecule has 15 heavy (non-hydrogen) atoms. The zero-order valence-corrected chi connectivity index (χ0v) is 9.96. The van der Waals surface area contributed by atoms with Crippen molar-refractivity contribution in [2.45, 2.75) is 6.61 Å². The van der Waals surface area contributed by atoms with Gasteiger partial charge in [-0.25, -0.2) is 4.98 Å². The fraction of sp³-hybridized carbons (Fsp3) is 0.100. The number of halogens is 2. The minimum Gasteiger partial charge on any atom is -0.484 e. The van der Waals surface area contributed by atoms with E-state index < -0.39 is 0 Å². The van der Waals surface area contributed by atoms with Gasteiger partial charge >= 0.3 is 0 Å². The highest BCUT2D eigenvalue weighted by Crippen LogP contribution is 2.17. The summed E-state index contributed by atoms with van der Waals surface area (Å²) in [4.78, 5) is 3.90. The third-order valence-electron chi connectivity index (χ3n) is 1.71. The zero-order valence-electron chi connectivity index (χ0n) is 7.61. The van der Waals surface area contributed by atoms with Crippen molar-refractivity contribution in [3.63, 3.8) is 0 Å². The van der Waals surface area contributed by atoms with E-state index in [1.54, 1.807) is 18.3 Å². The highest BCUT2D eigenvalue weighted by Gasteiger charge is 2.00. The maximum Gasteiger partial charge on any atom is 0.169 e. The summed E-state index contributed by atoms with van der Waals surface area (Å²) in [6, 6.07) is 7.09. The molecule has 0 spiro atoms. The number of rotatable bonds is 3. The SMILES string of the molecule is Clc1ccc(OCc2ccc(Br)o2)cn1. The molecule has 2 aromatic heterocycles. The normalized spacial score (nSPS) is 10.3. The van der Waals surface area contributed by atoms with Gasteiger partial charge in [0.05, 0.1) is 6.20 Å². The number of furan rings is 1. The summed E-state index contributed by atoms with van der Waals surface area (Å²) >= 11 is 8.86. The van der Waals surface area contributed by atoms with E-state index >= 15 is 0 Å². The second-order valence-electron chi connectivity index (χ2n) is 2.81. The predicted molar refractivity (Wildman–Crippen MR) is 60.0 cm³/mol. The molecule has 2 rings (SSSR count). The molecule has 0 unspecified atom stereocenters. The van der Waals surface area contributed by atoms with E-state index in [0.717, 1.165) is 5.76 Å². The number of hydrogen-bond donors (Lipinski definition) is 0. The number of ether oxygens (including phenoxy) is 1. The van der Waals surface area contributed by atoms with Crippen LogP contribution in [0.3, 0.4) is 0 Å². The smallest absolute Gasteiger partial charge is 0.169 e. The molecule has 0 aliphatic rings. The Labute approximate surface area is 100 Å². The fourth-order valence-electron chi connectivity index (χ4n) is 1.03. The van der Waals surface area contributed by atoms with Crippen LogP contribution in [0.4, 0.5) is 0 Å². The van der Waals surface area contributed by atoms with Gasteiger partial charge in [-0.05, 0) is 40.2 Å². The molecule has 3 nitrogen and oxygen atoms in total. The van der Waals surface area contributed by atoms with Gasteiger partial charge in [0.15, 0.2) is 4.67 Å². The molecule has 0 radical (unpaired) electrons. The van der Waals surface area contributed by atoms with Crippen molar-refractivity contribution < 1.29 is 9.15 Å².